The number of benzene rings is 2. The maximum atomic E-state index is 12.6. The fourth-order valence-electron chi connectivity index (χ4n) is 2.40. The summed E-state index contributed by atoms with van der Waals surface area (Å²) in [5, 5.41) is 8.73. The number of ether oxygens (including phenoxy) is 1. The maximum absolute atomic E-state index is 12.6. The Hall–Kier alpha value is -2.60. The van der Waals surface area contributed by atoms with Crippen molar-refractivity contribution in [3.05, 3.63) is 42.5 Å². The molecule has 0 saturated carbocycles. The monoisotopic (exact) mass is 409 g/mol. The Morgan fingerprint density at radius 1 is 1.15 bits per heavy atom. The molecule has 0 aromatic heterocycles. The molecule has 1 aliphatic heterocycles. The van der Waals surface area contributed by atoms with Crippen LogP contribution in [-0.2, 0) is 19.6 Å². The summed E-state index contributed by atoms with van der Waals surface area (Å²) in [6, 6.07) is 10.0. The van der Waals surface area contributed by atoms with Gasteiger partial charge in [-0.05, 0) is 24.3 Å². The number of carbonyl (C=O) groups excluding carboxylic acids is 2. The minimum Gasteiger partial charge on any atom is -0.455 e. The Morgan fingerprint density at radius 2 is 1.85 bits per heavy atom. The van der Waals surface area contributed by atoms with Crippen molar-refractivity contribution in [3.63, 3.8) is 0 Å². The fourth-order valence-corrected chi connectivity index (χ4v) is 4.54. The van der Waals surface area contributed by atoms with E-state index in [1.165, 1.54) is 29.4 Å². The molecule has 11 heteroatoms. The number of nitrogens with two attached hydrogens (primary N) is 1. The van der Waals surface area contributed by atoms with E-state index in [0.29, 0.717) is 11.5 Å². The van der Waals surface area contributed by atoms with E-state index in [0.717, 1.165) is 9.79 Å². The van der Waals surface area contributed by atoms with E-state index in [-0.39, 0.29) is 4.90 Å². The lowest BCUT2D eigenvalue weighted by atomic mass is 10.2. The molecular formula is C16H15N3O6S2. The molecule has 27 heavy (non-hydrogen) atoms. The molecule has 0 aliphatic carbocycles. The molecule has 3 rings (SSSR count). The lowest BCUT2D eigenvalue weighted by Gasteiger charge is -2.20. The highest BCUT2D eigenvalue weighted by Gasteiger charge is 2.28. The molecule has 1 heterocycles. The Balaban J connectivity index is 1.88. The van der Waals surface area contributed by atoms with Crippen molar-refractivity contribution < 1.29 is 28.0 Å². The zero-order valence-electron chi connectivity index (χ0n) is 13.7. The molecule has 0 spiro atoms. The van der Waals surface area contributed by atoms with Crippen LogP contribution in [-0.4, -0.2) is 31.5 Å². The largest absolute Gasteiger partial charge is 0.455 e. The first kappa shape index (κ1) is 19.2. The number of fused-ring (bicyclic) bond motifs is 2. The van der Waals surface area contributed by atoms with Crippen molar-refractivity contribution in [1.82, 2.24) is 10.2 Å². The van der Waals surface area contributed by atoms with E-state index in [1.807, 2.05) is 12.1 Å². The van der Waals surface area contributed by atoms with Crippen LogP contribution in [0.2, 0.25) is 0 Å². The van der Waals surface area contributed by atoms with Gasteiger partial charge < -0.3 is 10.5 Å². The summed E-state index contributed by atoms with van der Waals surface area (Å²) in [5.74, 6) is -1.06. The number of hydroxylamine groups is 1. The van der Waals surface area contributed by atoms with E-state index < -0.39 is 34.3 Å². The van der Waals surface area contributed by atoms with Crippen molar-refractivity contribution in [3.8, 4) is 11.5 Å². The Bertz CT molecular complexity index is 1010. The molecule has 1 aliphatic rings. The number of para-hydroxylation sites is 1. The standard InChI is InChI=1S/C16H15N3O6S2/c17-15(20)8-10(16(21)18-22)19-27(23,24)9-5-6-14-12(7-9)25-11-3-1-2-4-13(11)26-14/h1-7,10,19,22H,8H2,(H2,17,20)(H,18,21). The molecule has 142 valence electrons. The smallest absolute Gasteiger partial charge is 0.262 e. The van der Waals surface area contributed by atoms with E-state index in [9.17, 15) is 18.0 Å². The minimum absolute atomic E-state index is 0.165. The van der Waals surface area contributed by atoms with Gasteiger partial charge in [-0.25, -0.2) is 13.9 Å². The quantitative estimate of drug-likeness (QED) is 0.350. The van der Waals surface area contributed by atoms with Crippen molar-refractivity contribution in [2.45, 2.75) is 27.1 Å². The van der Waals surface area contributed by atoms with Crippen LogP contribution in [0.4, 0.5) is 0 Å². The van der Waals surface area contributed by atoms with Crippen LogP contribution < -0.4 is 20.7 Å². The summed E-state index contributed by atoms with van der Waals surface area (Å²) in [6.07, 6.45) is -0.615. The molecule has 9 nitrogen and oxygen atoms in total. The van der Waals surface area contributed by atoms with Crippen LogP contribution in [0.1, 0.15) is 6.42 Å². The molecule has 0 bridgehead atoms. The third-order valence-corrected chi connectivity index (χ3v) is 6.23. The summed E-state index contributed by atoms with van der Waals surface area (Å²) in [5.41, 5.74) is 6.33. The third kappa shape index (κ3) is 4.22. The minimum atomic E-state index is -4.19. The molecule has 1 unspecified atom stereocenters. The second-order valence-electron chi connectivity index (χ2n) is 5.58. The number of nitrogens with one attached hydrogen (secondary N) is 2. The third-order valence-electron chi connectivity index (χ3n) is 3.64. The predicted molar refractivity (Wildman–Crippen MR) is 94.9 cm³/mol. The van der Waals surface area contributed by atoms with E-state index in [2.05, 4.69) is 4.72 Å². The summed E-state index contributed by atoms with van der Waals surface area (Å²) < 4.78 is 33.0. The highest BCUT2D eigenvalue weighted by Crippen LogP contribution is 2.47. The van der Waals surface area contributed by atoms with Gasteiger partial charge in [0.25, 0.3) is 5.91 Å². The predicted octanol–water partition coefficient (Wildman–Crippen LogP) is 0.971. The zero-order chi connectivity index (χ0) is 19.6. The van der Waals surface area contributed by atoms with Crippen LogP contribution >= 0.6 is 11.8 Å². The molecule has 1 atom stereocenters. The van der Waals surface area contributed by atoms with Gasteiger partial charge in [0.2, 0.25) is 15.9 Å². The van der Waals surface area contributed by atoms with Gasteiger partial charge in [-0.3, -0.25) is 14.8 Å². The van der Waals surface area contributed by atoms with Crippen LogP contribution in [0.5, 0.6) is 11.5 Å². The van der Waals surface area contributed by atoms with Crippen LogP contribution in [0.15, 0.2) is 57.2 Å². The average Bonchev–Trinajstić information content (AvgIpc) is 2.64. The molecule has 0 fully saturated rings. The SMILES string of the molecule is NC(=O)CC(NS(=O)(=O)c1ccc2c(c1)Oc1ccccc1S2)C(=O)NO. The second kappa shape index (κ2) is 7.56. The molecule has 2 aromatic carbocycles. The van der Waals surface area contributed by atoms with Crippen molar-refractivity contribution in [2.24, 2.45) is 5.73 Å². The first-order chi connectivity index (χ1) is 12.8. The lowest BCUT2D eigenvalue weighted by Crippen LogP contribution is -2.47. The second-order valence-corrected chi connectivity index (χ2v) is 8.38. The van der Waals surface area contributed by atoms with Gasteiger partial charge in [-0.2, -0.15) is 4.72 Å². The molecule has 2 aromatic rings. The van der Waals surface area contributed by atoms with Gasteiger partial charge >= 0.3 is 0 Å². The van der Waals surface area contributed by atoms with E-state index in [1.54, 1.807) is 18.2 Å². The number of sulfonamides is 1. The van der Waals surface area contributed by atoms with Gasteiger partial charge in [0.15, 0.2) is 0 Å². The first-order valence-corrected chi connectivity index (χ1v) is 9.93. The highest BCUT2D eigenvalue weighted by molar-refractivity contribution is 7.99. The summed E-state index contributed by atoms with van der Waals surface area (Å²) in [4.78, 5) is 24.1. The molecular weight excluding hydrogens is 394 g/mol. The number of amides is 2. The van der Waals surface area contributed by atoms with Gasteiger partial charge in [-0.1, -0.05) is 23.9 Å². The fraction of sp³-hybridized carbons (Fsp3) is 0.125. The van der Waals surface area contributed by atoms with Gasteiger partial charge in [0.1, 0.15) is 17.5 Å². The van der Waals surface area contributed by atoms with E-state index in [4.69, 9.17) is 15.7 Å². The van der Waals surface area contributed by atoms with E-state index >= 15 is 0 Å². The number of hydrogen-bond acceptors (Lipinski definition) is 7. The topological polar surface area (TPSA) is 148 Å². The van der Waals surface area contributed by atoms with Crippen LogP contribution in [0.3, 0.4) is 0 Å². The number of primary amides is 1. The Labute approximate surface area is 158 Å². The van der Waals surface area contributed by atoms with Crippen LogP contribution in [0.25, 0.3) is 0 Å². The number of rotatable bonds is 6. The van der Waals surface area contributed by atoms with Crippen molar-refractivity contribution >= 4 is 33.6 Å². The highest BCUT2D eigenvalue weighted by atomic mass is 32.2. The number of carbonyl (C=O) groups is 2. The Morgan fingerprint density at radius 3 is 2.56 bits per heavy atom. The lowest BCUT2D eigenvalue weighted by molar-refractivity contribution is -0.133. The van der Waals surface area contributed by atoms with Gasteiger partial charge in [0.05, 0.1) is 21.1 Å². The zero-order valence-corrected chi connectivity index (χ0v) is 15.3. The normalized spacial score (nSPS) is 13.7. The Kier molecular flexibility index (Phi) is 5.37. The first-order valence-electron chi connectivity index (χ1n) is 7.63. The molecule has 2 amide bonds. The number of hydrogen-bond donors (Lipinski definition) is 4. The summed E-state index contributed by atoms with van der Waals surface area (Å²) in [7, 11) is -4.19. The molecule has 0 saturated heterocycles. The van der Waals surface area contributed by atoms with Crippen LogP contribution in [0, 0.1) is 0 Å². The average molecular weight is 409 g/mol. The van der Waals surface area contributed by atoms with Crippen molar-refractivity contribution in [1.29, 1.82) is 0 Å². The summed E-state index contributed by atoms with van der Waals surface area (Å²) in [6.45, 7) is 0. The van der Waals surface area contributed by atoms with Crippen molar-refractivity contribution in [2.75, 3.05) is 0 Å². The maximum Gasteiger partial charge on any atom is 0.262 e. The summed E-state index contributed by atoms with van der Waals surface area (Å²) >= 11 is 1.43. The van der Waals surface area contributed by atoms with Gasteiger partial charge in [-0.15, -0.1) is 0 Å². The van der Waals surface area contributed by atoms with Gasteiger partial charge in [0, 0.05) is 6.07 Å². The molecule has 0 radical (unpaired) electrons. The molecule has 5 N–H and O–H groups in total.